The maximum atomic E-state index is 13.2. The first-order chi connectivity index (χ1) is 5.29. The van der Waals surface area contributed by atoms with Gasteiger partial charge in [-0.15, -0.1) is 0 Å². The number of rotatable bonds is 2. The molecule has 1 aliphatic carbocycles. The minimum absolute atomic E-state index is 0.605. The van der Waals surface area contributed by atoms with E-state index in [0.29, 0.717) is 6.42 Å². The molecule has 1 fully saturated rings. The van der Waals surface area contributed by atoms with Crippen LogP contribution in [0.4, 0.5) is 4.39 Å². The van der Waals surface area contributed by atoms with Crippen LogP contribution in [0, 0.1) is 0 Å². The Morgan fingerprint density at radius 3 is 2.36 bits per heavy atom. The topological polar surface area (TPSA) is 0 Å². The van der Waals surface area contributed by atoms with Crippen molar-refractivity contribution < 1.29 is 4.39 Å². The molecule has 1 heteroatoms. The lowest BCUT2D eigenvalue weighted by Gasteiger charge is -2.03. The SMILES string of the molecule is FC1(Cc2ccccc2)CC1. The molecule has 0 nitrogen and oxygen atoms in total. The number of alkyl halides is 1. The van der Waals surface area contributed by atoms with Crippen molar-refractivity contribution in [2.24, 2.45) is 0 Å². The zero-order valence-electron chi connectivity index (χ0n) is 6.39. The van der Waals surface area contributed by atoms with Gasteiger partial charge in [-0.05, 0) is 18.4 Å². The van der Waals surface area contributed by atoms with Crippen molar-refractivity contribution in [3.63, 3.8) is 0 Å². The van der Waals surface area contributed by atoms with E-state index in [1.807, 2.05) is 30.3 Å². The fraction of sp³-hybridized carbons (Fsp3) is 0.400. The van der Waals surface area contributed by atoms with Gasteiger partial charge >= 0.3 is 0 Å². The summed E-state index contributed by atoms with van der Waals surface area (Å²) >= 11 is 0. The molecule has 0 aliphatic heterocycles. The average Bonchev–Trinajstić information content (AvgIpc) is 2.70. The molecule has 2 rings (SSSR count). The summed E-state index contributed by atoms with van der Waals surface area (Å²) in [6.45, 7) is 0. The molecule has 0 radical (unpaired) electrons. The first-order valence-electron chi connectivity index (χ1n) is 4.01. The van der Waals surface area contributed by atoms with Crippen molar-refractivity contribution in [2.45, 2.75) is 24.9 Å². The number of benzene rings is 1. The van der Waals surface area contributed by atoms with Gasteiger partial charge in [-0.1, -0.05) is 30.3 Å². The van der Waals surface area contributed by atoms with Gasteiger partial charge in [0.15, 0.2) is 0 Å². The third-order valence-electron chi connectivity index (χ3n) is 2.16. The summed E-state index contributed by atoms with van der Waals surface area (Å²) in [5, 5.41) is 0. The van der Waals surface area contributed by atoms with Crippen LogP contribution in [0.25, 0.3) is 0 Å². The normalized spacial score (nSPS) is 19.7. The van der Waals surface area contributed by atoms with Gasteiger partial charge in [-0.3, -0.25) is 0 Å². The highest BCUT2D eigenvalue weighted by molar-refractivity contribution is 5.19. The summed E-state index contributed by atoms with van der Waals surface area (Å²) in [4.78, 5) is 0. The maximum Gasteiger partial charge on any atom is 0.115 e. The lowest BCUT2D eigenvalue weighted by Crippen LogP contribution is -2.03. The summed E-state index contributed by atoms with van der Waals surface area (Å²) < 4.78 is 13.2. The Bertz CT molecular complexity index is 236. The second-order valence-electron chi connectivity index (χ2n) is 3.31. The van der Waals surface area contributed by atoms with Gasteiger partial charge in [-0.25, -0.2) is 4.39 Å². The number of hydrogen-bond donors (Lipinski definition) is 0. The molecular weight excluding hydrogens is 139 g/mol. The molecular formula is C10H11F. The fourth-order valence-corrected chi connectivity index (χ4v) is 1.27. The van der Waals surface area contributed by atoms with Crippen LogP contribution >= 0.6 is 0 Å². The summed E-state index contributed by atoms with van der Waals surface area (Å²) in [5.41, 5.74) is 0.272. The van der Waals surface area contributed by atoms with Crippen LogP contribution in [-0.4, -0.2) is 5.67 Å². The molecule has 11 heavy (non-hydrogen) atoms. The lowest BCUT2D eigenvalue weighted by molar-refractivity contribution is 0.308. The van der Waals surface area contributed by atoms with Crippen LogP contribution < -0.4 is 0 Å². The predicted octanol–water partition coefficient (Wildman–Crippen LogP) is 2.73. The van der Waals surface area contributed by atoms with E-state index in [4.69, 9.17) is 0 Å². The predicted molar refractivity (Wildman–Crippen MR) is 43.2 cm³/mol. The van der Waals surface area contributed by atoms with Crippen LogP contribution in [0.5, 0.6) is 0 Å². The van der Waals surface area contributed by atoms with Crippen molar-refractivity contribution in [1.82, 2.24) is 0 Å². The van der Waals surface area contributed by atoms with E-state index in [-0.39, 0.29) is 0 Å². The minimum atomic E-state index is -0.846. The number of halogens is 1. The molecule has 0 N–H and O–H groups in total. The molecule has 0 aromatic heterocycles. The average molecular weight is 150 g/mol. The third-order valence-corrected chi connectivity index (χ3v) is 2.16. The van der Waals surface area contributed by atoms with E-state index in [1.165, 1.54) is 0 Å². The van der Waals surface area contributed by atoms with E-state index in [1.54, 1.807) is 0 Å². The molecule has 1 saturated carbocycles. The quantitative estimate of drug-likeness (QED) is 0.608. The van der Waals surface area contributed by atoms with E-state index < -0.39 is 5.67 Å². The van der Waals surface area contributed by atoms with Gasteiger partial charge in [-0.2, -0.15) is 0 Å². The van der Waals surface area contributed by atoms with Crippen molar-refractivity contribution in [2.75, 3.05) is 0 Å². The highest BCUT2D eigenvalue weighted by Gasteiger charge is 2.42. The Morgan fingerprint density at radius 1 is 1.18 bits per heavy atom. The molecule has 0 spiro atoms. The Kier molecular flexibility index (Phi) is 1.45. The first-order valence-corrected chi connectivity index (χ1v) is 4.01. The molecule has 0 saturated heterocycles. The standard InChI is InChI=1S/C10H11F/c11-10(6-7-10)8-9-4-2-1-3-5-9/h1-5H,6-8H2. The summed E-state index contributed by atoms with van der Waals surface area (Å²) in [6, 6.07) is 9.85. The van der Waals surface area contributed by atoms with Crippen LogP contribution in [0.15, 0.2) is 30.3 Å². The van der Waals surface area contributed by atoms with Crippen molar-refractivity contribution >= 4 is 0 Å². The second kappa shape index (κ2) is 2.33. The van der Waals surface area contributed by atoms with Crippen LogP contribution in [-0.2, 0) is 6.42 Å². The first kappa shape index (κ1) is 6.84. The highest BCUT2D eigenvalue weighted by atomic mass is 19.1. The smallest absolute Gasteiger partial charge is 0.115 e. The molecule has 1 aromatic carbocycles. The zero-order valence-corrected chi connectivity index (χ0v) is 6.39. The Balaban J connectivity index is 2.07. The van der Waals surface area contributed by atoms with Crippen molar-refractivity contribution in [3.05, 3.63) is 35.9 Å². The molecule has 0 atom stereocenters. The summed E-state index contributed by atoms with van der Waals surface area (Å²) in [6.07, 6.45) is 2.11. The Hall–Kier alpha value is -0.850. The second-order valence-corrected chi connectivity index (χ2v) is 3.31. The van der Waals surface area contributed by atoms with Gasteiger partial charge in [0, 0.05) is 6.42 Å². The largest absolute Gasteiger partial charge is 0.244 e. The third kappa shape index (κ3) is 1.59. The van der Waals surface area contributed by atoms with Gasteiger partial charge in [0.25, 0.3) is 0 Å². The van der Waals surface area contributed by atoms with E-state index in [2.05, 4.69) is 0 Å². The van der Waals surface area contributed by atoms with Crippen LogP contribution in [0.1, 0.15) is 18.4 Å². The molecule has 0 amide bonds. The molecule has 0 bridgehead atoms. The van der Waals surface area contributed by atoms with Gasteiger partial charge in [0.1, 0.15) is 5.67 Å². The highest BCUT2D eigenvalue weighted by Crippen LogP contribution is 2.42. The maximum absolute atomic E-state index is 13.2. The zero-order chi connectivity index (χ0) is 7.73. The molecule has 1 aromatic rings. The van der Waals surface area contributed by atoms with E-state index >= 15 is 0 Å². The summed E-state index contributed by atoms with van der Waals surface area (Å²) in [7, 11) is 0. The van der Waals surface area contributed by atoms with Crippen molar-refractivity contribution in [3.8, 4) is 0 Å². The molecule has 58 valence electrons. The Labute approximate surface area is 66.1 Å². The molecule has 0 heterocycles. The summed E-state index contributed by atoms with van der Waals surface area (Å²) in [5.74, 6) is 0. The monoisotopic (exact) mass is 150 g/mol. The van der Waals surface area contributed by atoms with Crippen molar-refractivity contribution in [1.29, 1.82) is 0 Å². The van der Waals surface area contributed by atoms with E-state index in [0.717, 1.165) is 18.4 Å². The van der Waals surface area contributed by atoms with E-state index in [9.17, 15) is 4.39 Å². The molecule has 0 unspecified atom stereocenters. The minimum Gasteiger partial charge on any atom is -0.244 e. The van der Waals surface area contributed by atoms with Crippen LogP contribution in [0.3, 0.4) is 0 Å². The fourth-order valence-electron chi connectivity index (χ4n) is 1.27. The van der Waals surface area contributed by atoms with Gasteiger partial charge in [0.2, 0.25) is 0 Å². The van der Waals surface area contributed by atoms with Gasteiger partial charge < -0.3 is 0 Å². The lowest BCUT2D eigenvalue weighted by atomic mass is 10.1. The van der Waals surface area contributed by atoms with Gasteiger partial charge in [0.05, 0.1) is 0 Å². The Morgan fingerprint density at radius 2 is 1.82 bits per heavy atom. The molecule has 1 aliphatic rings. The number of hydrogen-bond acceptors (Lipinski definition) is 0. The van der Waals surface area contributed by atoms with Crippen LogP contribution in [0.2, 0.25) is 0 Å².